The van der Waals surface area contributed by atoms with E-state index in [2.05, 4.69) is 19.8 Å². The molecular weight excluding hydrogens is 295 g/mol. The number of nitrogens with zero attached hydrogens (tertiary/aromatic N) is 3. The van der Waals surface area contributed by atoms with Gasteiger partial charge in [-0.25, -0.2) is 9.48 Å². The SMILES string of the molecule is COCCc1c(C(=O)OC)nnn1CCOCC(F)(F)F. The van der Waals surface area contributed by atoms with Crippen LogP contribution in [-0.2, 0) is 27.2 Å². The Morgan fingerprint density at radius 2 is 2.00 bits per heavy atom. The molecule has 10 heteroatoms. The van der Waals surface area contributed by atoms with Gasteiger partial charge in [0.05, 0.1) is 32.6 Å². The molecule has 0 saturated heterocycles. The number of halogens is 3. The zero-order valence-corrected chi connectivity index (χ0v) is 11.6. The Morgan fingerprint density at radius 3 is 2.57 bits per heavy atom. The van der Waals surface area contributed by atoms with E-state index in [0.717, 1.165) is 0 Å². The zero-order chi connectivity index (χ0) is 15.9. The number of rotatable bonds is 8. The summed E-state index contributed by atoms with van der Waals surface area (Å²) in [6.07, 6.45) is -4.05. The highest BCUT2D eigenvalue weighted by Gasteiger charge is 2.27. The Kier molecular flexibility index (Phi) is 6.56. The fraction of sp³-hybridized carbons (Fsp3) is 0.727. The van der Waals surface area contributed by atoms with Crippen LogP contribution in [0.4, 0.5) is 13.2 Å². The molecule has 0 bridgehead atoms. The number of methoxy groups -OCH3 is 2. The summed E-state index contributed by atoms with van der Waals surface area (Å²) < 4.78 is 51.1. The molecule has 0 amide bonds. The monoisotopic (exact) mass is 311 g/mol. The van der Waals surface area contributed by atoms with Crippen LogP contribution in [0.1, 0.15) is 16.2 Å². The lowest BCUT2D eigenvalue weighted by molar-refractivity contribution is -0.174. The molecule has 7 nitrogen and oxygen atoms in total. The molecule has 1 heterocycles. The molecule has 0 aromatic carbocycles. The van der Waals surface area contributed by atoms with Crippen LogP contribution in [0.25, 0.3) is 0 Å². The van der Waals surface area contributed by atoms with E-state index >= 15 is 0 Å². The van der Waals surface area contributed by atoms with E-state index in [1.54, 1.807) is 0 Å². The molecule has 0 spiro atoms. The first-order valence-electron chi connectivity index (χ1n) is 6.03. The first-order chi connectivity index (χ1) is 9.89. The van der Waals surface area contributed by atoms with Crippen molar-refractivity contribution in [1.82, 2.24) is 15.0 Å². The number of hydrogen-bond acceptors (Lipinski definition) is 6. The third-order valence-corrected chi connectivity index (χ3v) is 2.47. The van der Waals surface area contributed by atoms with Gasteiger partial charge in [0.25, 0.3) is 0 Å². The smallest absolute Gasteiger partial charge is 0.411 e. The number of carbonyl (C=O) groups excluding carboxylic acids is 1. The van der Waals surface area contributed by atoms with Gasteiger partial charge in [0.15, 0.2) is 5.69 Å². The van der Waals surface area contributed by atoms with Gasteiger partial charge in [-0.05, 0) is 0 Å². The summed E-state index contributed by atoms with van der Waals surface area (Å²) in [5.74, 6) is -0.663. The lowest BCUT2D eigenvalue weighted by atomic mass is 10.2. The maximum absolute atomic E-state index is 11.9. The molecule has 0 radical (unpaired) electrons. The molecule has 1 aromatic rings. The summed E-state index contributed by atoms with van der Waals surface area (Å²) in [4.78, 5) is 11.5. The minimum atomic E-state index is -4.38. The van der Waals surface area contributed by atoms with Crippen LogP contribution in [0.2, 0.25) is 0 Å². The minimum absolute atomic E-state index is 0.0189. The fourth-order valence-corrected chi connectivity index (χ4v) is 1.55. The van der Waals surface area contributed by atoms with Crippen molar-refractivity contribution in [3.8, 4) is 0 Å². The normalized spacial score (nSPS) is 11.7. The van der Waals surface area contributed by atoms with E-state index in [1.807, 2.05) is 0 Å². The standard InChI is InChI=1S/C11H16F3N3O4/c1-19-5-3-8-9(10(18)20-2)15-16-17(8)4-6-21-7-11(12,13)14/h3-7H2,1-2H3. The Labute approximate surface area is 119 Å². The van der Waals surface area contributed by atoms with E-state index in [1.165, 1.54) is 18.9 Å². The molecule has 0 aliphatic heterocycles. The van der Waals surface area contributed by atoms with Crippen LogP contribution in [0.5, 0.6) is 0 Å². The average molecular weight is 311 g/mol. The van der Waals surface area contributed by atoms with E-state index in [0.29, 0.717) is 18.7 Å². The van der Waals surface area contributed by atoms with Crippen LogP contribution in [0, 0.1) is 0 Å². The predicted octanol–water partition coefficient (Wildman–Crippen LogP) is 0.832. The molecule has 0 aliphatic carbocycles. The van der Waals surface area contributed by atoms with E-state index in [4.69, 9.17) is 4.74 Å². The van der Waals surface area contributed by atoms with Crippen molar-refractivity contribution in [2.75, 3.05) is 34.0 Å². The van der Waals surface area contributed by atoms with Crippen molar-refractivity contribution in [2.24, 2.45) is 0 Å². The van der Waals surface area contributed by atoms with Gasteiger partial charge >= 0.3 is 12.1 Å². The molecular formula is C11H16F3N3O4. The summed E-state index contributed by atoms with van der Waals surface area (Å²) in [5.41, 5.74) is 0.449. The first-order valence-corrected chi connectivity index (χ1v) is 6.03. The van der Waals surface area contributed by atoms with Crippen LogP contribution in [-0.4, -0.2) is 61.2 Å². The van der Waals surface area contributed by atoms with E-state index < -0.39 is 18.8 Å². The van der Waals surface area contributed by atoms with E-state index in [9.17, 15) is 18.0 Å². The molecule has 1 aromatic heterocycles. The number of aromatic nitrogens is 3. The van der Waals surface area contributed by atoms with Gasteiger partial charge in [0.1, 0.15) is 6.61 Å². The minimum Gasteiger partial charge on any atom is -0.464 e. The zero-order valence-electron chi connectivity index (χ0n) is 11.6. The number of carbonyl (C=O) groups is 1. The molecule has 0 atom stereocenters. The molecule has 0 N–H and O–H groups in total. The Bertz CT molecular complexity index is 462. The van der Waals surface area contributed by atoms with Gasteiger partial charge in [-0.3, -0.25) is 0 Å². The second-order valence-corrected chi connectivity index (χ2v) is 4.01. The lowest BCUT2D eigenvalue weighted by Gasteiger charge is -2.09. The number of esters is 1. The van der Waals surface area contributed by atoms with Gasteiger partial charge in [0.2, 0.25) is 0 Å². The molecule has 0 fully saturated rings. The number of ether oxygens (including phenoxy) is 3. The van der Waals surface area contributed by atoms with Gasteiger partial charge in [-0.1, -0.05) is 5.21 Å². The summed E-state index contributed by atoms with van der Waals surface area (Å²) in [7, 11) is 2.69. The predicted molar refractivity (Wildman–Crippen MR) is 63.8 cm³/mol. The maximum Gasteiger partial charge on any atom is 0.411 e. The fourth-order valence-electron chi connectivity index (χ4n) is 1.55. The topological polar surface area (TPSA) is 75.5 Å². The molecule has 1 rings (SSSR count). The molecule has 120 valence electrons. The summed E-state index contributed by atoms with van der Waals surface area (Å²) in [6, 6.07) is 0. The van der Waals surface area contributed by atoms with Crippen LogP contribution >= 0.6 is 0 Å². The van der Waals surface area contributed by atoms with Crippen molar-refractivity contribution in [1.29, 1.82) is 0 Å². The maximum atomic E-state index is 11.9. The number of hydrogen-bond donors (Lipinski definition) is 0. The highest BCUT2D eigenvalue weighted by atomic mass is 19.4. The van der Waals surface area contributed by atoms with Crippen molar-refractivity contribution in [3.63, 3.8) is 0 Å². The Hall–Kier alpha value is -1.68. The van der Waals surface area contributed by atoms with Crippen LogP contribution in [0.15, 0.2) is 0 Å². The van der Waals surface area contributed by atoms with E-state index in [-0.39, 0.29) is 18.8 Å². The van der Waals surface area contributed by atoms with Crippen molar-refractivity contribution >= 4 is 5.97 Å². The summed E-state index contributed by atoms with van der Waals surface area (Å²) >= 11 is 0. The second kappa shape index (κ2) is 7.93. The van der Waals surface area contributed by atoms with Gasteiger partial charge in [-0.2, -0.15) is 13.2 Å². The van der Waals surface area contributed by atoms with Crippen LogP contribution in [0.3, 0.4) is 0 Å². The Balaban J connectivity index is 2.68. The third-order valence-electron chi connectivity index (χ3n) is 2.47. The van der Waals surface area contributed by atoms with Crippen LogP contribution < -0.4 is 0 Å². The average Bonchev–Trinajstić information content (AvgIpc) is 2.82. The van der Waals surface area contributed by atoms with Crippen molar-refractivity contribution in [3.05, 3.63) is 11.4 Å². The van der Waals surface area contributed by atoms with Gasteiger partial charge in [0, 0.05) is 13.5 Å². The van der Waals surface area contributed by atoms with Gasteiger partial charge < -0.3 is 14.2 Å². The summed E-state index contributed by atoms with van der Waals surface area (Å²) in [6.45, 7) is -1.19. The first kappa shape index (κ1) is 17.4. The highest BCUT2D eigenvalue weighted by molar-refractivity contribution is 5.88. The quantitative estimate of drug-likeness (QED) is 0.523. The van der Waals surface area contributed by atoms with Crippen molar-refractivity contribution in [2.45, 2.75) is 19.1 Å². The lowest BCUT2D eigenvalue weighted by Crippen LogP contribution is -2.20. The second-order valence-electron chi connectivity index (χ2n) is 4.01. The molecule has 0 aliphatic rings. The molecule has 0 saturated carbocycles. The highest BCUT2D eigenvalue weighted by Crippen LogP contribution is 2.14. The van der Waals surface area contributed by atoms with Gasteiger partial charge in [-0.15, -0.1) is 5.10 Å². The third kappa shape index (κ3) is 5.68. The largest absolute Gasteiger partial charge is 0.464 e. The Morgan fingerprint density at radius 1 is 1.29 bits per heavy atom. The summed E-state index contributed by atoms with van der Waals surface area (Å²) in [5, 5.41) is 7.39. The molecule has 21 heavy (non-hydrogen) atoms. The number of alkyl halides is 3. The molecule has 0 unspecified atom stereocenters. The van der Waals surface area contributed by atoms with Crippen molar-refractivity contribution < 1.29 is 32.2 Å².